The Balaban J connectivity index is 1.76. The second-order valence-corrected chi connectivity index (χ2v) is 11.6. The number of rotatable bonds is 1. The number of hydrogen-bond acceptors (Lipinski definition) is 0. The molecule has 2 aliphatic rings. The molecule has 0 fully saturated rings. The fraction of sp³-hybridized carbons (Fsp3) is 0.367. The highest BCUT2D eigenvalue weighted by Gasteiger charge is 2.45. The van der Waals surface area contributed by atoms with Gasteiger partial charge in [0.25, 0.3) is 6.33 Å². The summed E-state index contributed by atoms with van der Waals surface area (Å²) < 4.78 is 4.55. The third-order valence-corrected chi connectivity index (χ3v) is 8.20. The average Bonchev–Trinajstić information content (AvgIpc) is 3.16. The standard InChI is InChI=1S/C30H32N2/c1-28(2)17-18-29(3,4)25-21(28)15-16-23-26(25)30(5,6)22-13-10-14-24-27(22)32(23)19-31(24)20-11-8-7-9-12-20/h7-16H,17-18H2,1-6H3. The van der Waals surface area contributed by atoms with Crippen LogP contribution in [0.2, 0.25) is 0 Å². The molecular formula is C30H32N2. The fourth-order valence-corrected chi connectivity index (χ4v) is 6.30. The Hall–Kier alpha value is -2.87. The van der Waals surface area contributed by atoms with Crippen LogP contribution in [0.25, 0.3) is 22.4 Å². The molecule has 0 saturated carbocycles. The number of hydrogen-bond donors (Lipinski definition) is 0. The van der Waals surface area contributed by atoms with Crippen molar-refractivity contribution in [2.75, 3.05) is 0 Å². The molecule has 0 atom stereocenters. The first-order chi connectivity index (χ1) is 15.1. The smallest absolute Gasteiger partial charge is 0.269 e. The van der Waals surface area contributed by atoms with Crippen LogP contribution in [0.4, 0.5) is 0 Å². The zero-order chi connectivity index (χ0) is 22.5. The Morgan fingerprint density at radius 1 is 0.719 bits per heavy atom. The molecule has 0 amide bonds. The second-order valence-electron chi connectivity index (χ2n) is 11.6. The minimum atomic E-state index is -0.0818. The molecule has 0 saturated heterocycles. The molecule has 4 aromatic rings. The zero-order valence-electron chi connectivity index (χ0n) is 20.1. The van der Waals surface area contributed by atoms with E-state index in [0.29, 0.717) is 0 Å². The Morgan fingerprint density at radius 2 is 1.44 bits per heavy atom. The van der Waals surface area contributed by atoms with Gasteiger partial charge in [-0.05, 0) is 64.1 Å². The minimum Gasteiger partial charge on any atom is -0.292 e. The molecule has 162 valence electrons. The lowest BCUT2D eigenvalue weighted by molar-refractivity contribution is -0.575. The Morgan fingerprint density at radius 3 is 2.19 bits per heavy atom. The molecule has 3 aromatic carbocycles. The number of benzene rings is 3. The van der Waals surface area contributed by atoms with E-state index in [-0.39, 0.29) is 16.2 Å². The Labute approximate surface area is 191 Å². The predicted molar refractivity (Wildman–Crippen MR) is 131 cm³/mol. The molecule has 0 radical (unpaired) electrons. The molecule has 1 aliphatic heterocycles. The summed E-state index contributed by atoms with van der Waals surface area (Å²) in [5, 5.41) is 0. The van der Waals surface area contributed by atoms with Gasteiger partial charge in [-0.1, -0.05) is 84.0 Å². The summed E-state index contributed by atoms with van der Waals surface area (Å²) in [7, 11) is 0. The molecule has 0 spiro atoms. The largest absolute Gasteiger partial charge is 0.292 e. The van der Waals surface area contributed by atoms with Crippen LogP contribution in [0.5, 0.6) is 0 Å². The van der Waals surface area contributed by atoms with Crippen molar-refractivity contribution >= 4 is 11.0 Å². The van der Waals surface area contributed by atoms with E-state index < -0.39 is 0 Å². The van der Waals surface area contributed by atoms with Gasteiger partial charge < -0.3 is 0 Å². The third-order valence-electron chi connectivity index (χ3n) is 8.20. The maximum Gasteiger partial charge on any atom is 0.269 e. The highest BCUT2D eigenvalue weighted by Crippen LogP contribution is 2.53. The number of aromatic nitrogens is 2. The number of imidazole rings is 1. The van der Waals surface area contributed by atoms with Crippen LogP contribution in [0, 0.1) is 6.33 Å². The molecule has 32 heavy (non-hydrogen) atoms. The first kappa shape index (κ1) is 19.8. The minimum absolute atomic E-state index is 0.0818. The van der Waals surface area contributed by atoms with Crippen LogP contribution in [-0.4, -0.2) is 4.57 Å². The van der Waals surface area contributed by atoms with Crippen LogP contribution in [-0.2, 0) is 16.2 Å². The van der Waals surface area contributed by atoms with Crippen LogP contribution >= 0.6 is 0 Å². The summed E-state index contributed by atoms with van der Waals surface area (Å²) in [6, 6.07) is 22.1. The van der Waals surface area contributed by atoms with Gasteiger partial charge in [-0.3, -0.25) is 9.13 Å². The number of fused-ring (bicyclic) bond motifs is 4. The van der Waals surface area contributed by atoms with E-state index in [1.54, 1.807) is 5.56 Å². The van der Waals surface area contributed by atoms with E-state index in [1.165, 1.54) is 46.3 Å². The molecule has 6 rings (SSSR count). The van der Waals surface area contributed by atoms with Gasteiger partial charge >= 0.3 is 0 Å². The average molecular weight is 421 g/mol. The number of nitrogens with zero attached hydrogens (tertiary/aromatic N) is 2. The summed E-state index contributed by atoms with van der Waals surface area (Å²) in [6.45, 7) is 14.6. The summed E-state index contributed by atoms with van der Waals surface area (Å²) in [4.78, 5) is 0. The maximum atomic E-state index is 3.73. The molecule has 2 heterocycles. The van der Waals surface area contributed by atoms with Crippen LogP contribution < -0.4 is 4.57 Å². The topological polar surface area (TPSA) is 8.81 Å². The molecule has 1 aliphatic carbocycles. The maximum absolute atomic E-state index is 3.73. The van der Waals surface area contributed by atoms with Crippen molar-refractivity contribution < 1.29 is 4.57 Å². The van der Waals surface area contributed by atoms with Gasteiger partial charge in [-0.2, -0.15) is 0 Å². The summed E-state index contributed by atoms with van der Waals surface area (Å²) in [5.41, 5.74) is 11.2. The second kappa shape index (κ2) is 6.13. The lowest BCUT2D eigenvalue weighted by Gasteiger charge is -2.47. The molecule has 0 bridgehead atoms. The third kappa shape index (κ3) is 2.44. The van der Waals surface area contributed by atoms with Crippen molar-refractivity contribution in [1.29, 1.82) is 0 Å². The van der Waals surface area contributed by atoms with Gasteiger partial charge in [0.2, 0.25) is 0 Å². The molecular weight excluding hydrogens is 388 g/mol. The van der Waals surface area contributed by atoms with E-state index in [0.717, 1.165) is 5.69 Å². The normalized spacial score (nSPS) is 19.4. The first-order valence-corrected chi connectivity index (χ1v) is 11.9. The van der Waals surface area contributed by atoms with Crippen molar-refractivity contribution in [1.82, 2.24) is 4.57 Å². The van der Waals surface area contributed by atoms with Crippen LogP contribution in [0.1, 0.15) is 76.6 Å². The Bertz CT molecular complexity index is 1380. The molecule has 0 unspecified atom stereocenters. The van der Waals surface area contributed by atoms with Crippen LogP contribution in [0.3, 0.4) is 0 Å². The lowest BCUT2D eigenvalue weighted by Crippen LogP contribution is -2.45. The molecule has 2 heteroatoms. The highest BCUT2D eigenvalue weighted by atomic mass is 15.1. The Kier molecular flexibility index (Phi) is 3.79. The van der Waals surface area contributed by atoms with Gasteiger partial charge in [-0.25, -0.2) is 0 Å². The summed E-state index contributed by atoms with van der Waals surface area (Å²) in [5.74, 6) is 0. The van der Waals surface area contributed by atoms with E-state index >= 15 is 0 Å². The fourth-order valence-electron chi connectivity index (χ4n) is 6.30. The van der Waals surface area contributed by atoms with Crippen molar-refractivity contribution in [2.24, 2.45) is 0 Å². The number of para-hydroxylation sites is 2. The predicted octanol–water partition coefficient (Wildman–Crippen LogP) is 6.70. The lowest BCUT2D eigenvalue weighted by atomic mass is 9.58. The van der Waals surface area contributed by atoms with Gasteiger partial charge in [0.1, 0.15) is 0 Å². The van der Waals surface area contributed by atoms with Gasteiger partial charge in [0.05, 0.1) is 22.4 Å². The van der Waals surface area contributed by atoms with Gasteiger partial charge in [-0.15, -0.1) is 0 Å². The molecule has 1 aromatic heterocycles. The van der Waals surface area contributed by atoms with Gasteiger partial charge in [0.15, 0.2) is 0 Å². The van der Waals surface area contributed by atoms with Crippen molar-refractivity contribution in [3.8, 4) is 11.4 Å². The van der Waals surface area contributed by atoms with E-state index in [4.69, 9.17) is 0 Å². The zero-order valence-corrected chi connectivity index (χ0v) is 20.1. The molecule has 0 N–H and O–H groups in total. The van der Waals surface area contributed by atoms with E-state index in [2.05, 4.69) is 118 Å². The molecule has 2 nitrogen and oxygen atoms in total. The van der Waals surface area contributed by atoms with Crippen LogP contribution in [0.15, 0.2) is 60.7 Å². The SMILES string of the molecule is CC1(C)CCC(C)(C)c2c1ccc1c2C(C)(C)c2cccc3c2[n+]-1[c-]n3-c1ccccc1. The van der Waals surface area contributed by atoms with Crippen molar-refractivity contribution in [3.05, 3.63) is 89.2 Å². The van der Waals surface area contributed by atoms with Crippen molar-refractivity contribution in [2.45, 2.75) is 70.6 Å². The van der Waals surface area contributed by atoms with Crippen molar-refractivity contribution in [3.63, 3.8) is 0 Å². The quantitative estimate of drug-likeness (QED) is 0.239. The van der Waals surface area contributed by atoms with Gasteiger partial charge in [0, 0.05) is 5.41 Å². The first-order valence-electron chi connectivity index (χ1n) is 11.9. The monoisotopic (exact) mass is 420 g/mol. The summed E-state index contributed by atoms with van der Waals surface area (Å²) >= 11 is 0. The van der Waals surface area contributed by atoms with E-state index in [9.17, 15) is 0 Å². The highest BCUT2D eigenvalue weighted by molar-refractivity contribution is 5.82. The summed E-state index contributed by atoms with van der Waals surface area (Å²) in [6.07, 6.45) is 6.18. The van der Waals surface area contributed by atoms with E-state index in [1.807, 2.05) is 0 Å².